The molecule has 0 aromatic carbocycles. The number of hydrogen-bond donors (Lipinski definition) is 1. The molecule has 0 aliphatic heterocycles. The summed E-state index contributed by atoms with van der Waals surface area (Å²) >= 11 is 0. The number of ether oxygens (including phenoxy) is 1. The molecule has 0 heterocycles. The van der Waals surface area contributed by atoms with Crippen LogP contribution in [-0.4, -0.2) is 18.2 Å². The highest BCUT2D eigenvalue weighted by Crippen LogP contribution is 1.93. The molecule has 0 aromatic heterocycles. The molecule has 0 saturated heterocycles. The molecule has 0 radical (unpaired) electrons. The number of carboxylic acids is 1. The van der Waals surface area contributed by atoms with Crippen LogP contribution in [-0.2, 0) is 9.53 Å². The maximum absolute atomic E-state index is 10.1. The van der Waals surface area contributed by atoms with Crippen LogP contribution >= 0.6 is 0 Å². The largest absolute Gasteiger partial charge is 0.503 e. The van der Waals surface area contributed by atoms with Gasteiger partial charge in [-0.3, -0.25) is 0 Å². The van der Waals surface area contributed by atoms with Crippen LogP contribution < -0.4 is 0 Å². The molecule has 3 nitrogen and oxygen atoms in total. The summed E-state index contributed by atoms with van der Waals surface area (Å²) in [6.07, 6.45) is 2.33. The Morgan fingerprint density at radius 2 is 2.33 bits per heavy atom. The maximum Gasteiger partial charge on any atom is 0.338 e. The van der Waals surface area contributed by atoms with Crippen molar-refractivity contribution >= 4 is 5.97 Å². The highest BCUT2D eigenvalue weighted by molar-refractivity contribution is 5.89. The lowest BCUT2D eigenvalue weighted by Gasteiger charge is -1.91. The smallest absolute Gasteiger partial charge is 0.338 e. The lowest BCUT2D eigenvalue weighted by atomic mass is 10.3. The summed E-state index contributed by atoms with van der Waals surface area (Å²) in [5, 5.41) is 8.28. The summed E-state index contributed by atoms with van der Waals surface area (Å²) in [6, 6.07) is 0. The monoisotopic (exact) mass is 128 g/mol. The number of carboxylic acid groups (broad SMARTS) is 1. The molecule has 0 aromatic rings. The van der Waals surface area contributed by atoms with Gasteiger partial charge in [0.1, 0.15) is 0 Å². The molecule has 0 spiro atoms. The first-order valence-corrected chi connectivity index (χ1v) is 2.31. The Kier molecular flexibility index (Phi) is 3.20. The van der Waals surface area contributed by atoms with Gasteiger partial charge in [-0.05, 0) is 0 Å². The van der Waals surface area contributed by atoms with Crippen molar-refractivity contribution in [3.63, 3.8) is 0 Å². The first kappa shape index (κ1) is 7.75. The molecule has 0 rings (SSSR count). The van der Waals surface area contributed by atoms with Crippen molar-refractivity contribution in [3.8, 4) is 0 Å². The van der Waals surface area contributed by atoms with Crippen molar-refractivity contribution in [3.05, 3.63) is 24.5 Å². The Bertz CT molecular complexity index is 146. The normalized spacial score (nSPS) is 10.6. The Morgan fingerprint density at radius 3 is 2.44 bits per heavy atom. The summed E-state index contributed by atoms with van der Waals surface area (Å²) in [5.41, 5.74) is 0.0532. The van der Waals surface area contributed by atoms with E-state index < -0.39 is 5.97 Å². The van der Waals surface area contributed by atoms with Gasteiger partial charge in [-0.2, -0.15) is 0 Å². The first-order chi connectivity index (χ1) is 4.22. The third kappa shape index (κ3) is 2.54. The molecule has 0 fully saturated rings. The van der Waals surface area contributed by atoms with E-state index in [0.29, 0.717) is 0 Å². The minimum Gasteiger partial charge on any atom is -0.503 e. The van der Waals surface area contributed by atoms with Gasteiger partial charge < -0.3 is 9.84 Å². The highest BCUT2D eigenvalue weighted by Gasteiger charge is 1.99. The minimum absolute atomic E-state index is 0.0532. The lowest BCUT2D eigenvalue weighted by molar-refractivity contribution is -0.132. The number of aliphatic carboxylic acids is 1. The van der Waals surface area contributed by atoms with Crippen LogP contribution in [0, 0.1) is 0 Å². The molecule has 0 bridgehead atoms. The van der Waals surface area contributed by atoms with Gasteiger partial charge in [0.25, 0.3) is 0 Å². The predicted molar refractivity (Wildman–Crippen MR) is 32.9 cm³/mol. The predicted octanol–water partition coefficient (Wildman–Crippen LogP) is 0.787. The van der Waals surface area contributed by atoms with E-state index in [-0.39, 0.29) is 5.57 Å². The Morgan fingerprint density at radius 1 is 1.78 bits per heavy atom. The Balaban J connectivity index is 4.14. The van der Waals surface area contributed by atoms with E-state index in [1.54, 1.807) is 0 Å². The fourth-order valence-electron chi connectivity index (χ4n) is 0.313. The van der Waals surface area contributed by atoms with Crippen LogP contribution in [0.1, 0.15) is 0 Å². The molecule has 0 amide bonds. The fraction of sp³-hybridized carbons (Fsp3) is 0.167. The molecule has 3 heteroatoms. The summed E-state index contributed by atoms with van der Waals surface area (Å²) < 4.78 is 4.44. The molecule has 0 saturated carbocycles. The van der Waals surface area contributed by atoms with Gasteiger partial charge in [0.15, 0.2) is 0 Å². The van der Waals surface area contributed by atoms with Crippen molar-refractivity contribution in [1.82, 2.24) is 0 Å². The van der Waals surface area contributed by atoms with Crippen LogP contribution in [0.4, 0.5) is 0 Å². The van der Waals surface area contributed by atoms with E-state index in [1.807, 2.05) is 0 Å². The van der Waals surface area contributed by atoms with Crippen LogP contribution in [0.5, 0.6) is 0 Å². The molecule has 1 N–H and O–H groups in total. The first-order valence-electron chi connectivity index (χ1n) is 2.31. The zero-order chi connectivity index (χ0) is 7.28. The van der Waals surface area contributed by atoms with Crippen molar-refractivity contribution in [1.29, 1.82) is 0 Å². The number of carbonyl (C=O) groups is 1. The lowest BCUT2D eigenvalue weighted by Crippen LogP contribution is -1.97. The molecular formula is C6H8O3. The molecule has 0 aliphatic carbocycles. The van der Waals surface area contributed by atoms with Gasteiger partial charge in [0, 0.05) is 0 Å². The van der Waals surface area contributed by atoms with Crippen molar-refractivity contribution < 1.29 is 14.6 Å². The van der Waals surface area contributed by atoms with Crippen LogP contribution in [0.15, 0.2) is 24.5 Å². The van der Waals surface area contributed by atoms with Crippen LogP contribution in [0.2, 0.25) is 0 Å². The average Bonchev–Trinajstić information content (AvgIpc) is 1.82. The molecule has 9 heavy (non-hydrogen) atoms. The van der Waals surface area contributed by atoms with Crippen LogP contribution in [0.25, 0.3) is 0 Å². The van der Waals surface area contributed by atoms with Crippen molar-refractivity contribution in [2.24, 2.45) is 0 Å². The molecular weight excluding hydrogens is 120 g/mol. The highest BCUT2D eigenvalue weighted by atomic mass is 16.5. The topological polar surface area (TPSA) is 46.5 Å². The Labute approximate surface area is 53.3 Å². The van der Waals surface area contributed by atoms with Gasteiger partial charge in [-0.15, -0.1) is 0 Å². The van der Waals surface area contributed by atoms with E-state index in [0.717, 1.165) is 6.26 Å². The van der Waals surface area contributed by atoms with Gasteiger partial charge in [-0.25, -0.2) is 4.79 Å². The maximum atomic E-state index is 10.1. The number of hydrogen-bond acceptors (Lipinski definition) is 2. The van der Waals surface area contributed by atoms with E-state index in [2.05, 4.69) is 11.3 Å². The quantitative estimate of drug-likeness (QED) is 0.347. The second-order valence-corrected chi connectivity index (χ2v) is 1.32. The van der Waals surface area contributed by atoms with E-state index in [4.69, 9.17) is 5.11 Å². The van der Waals surface area contributed by atoms with Crippen molar-refractivity contribution in [2.45, 2.75) is 0 Å². The Hall–Kier alpha value is -1.25. The van der Waals surface area contributed by atoms with E-state index in [9.17, 15) is 4.79 Å². The standard InChI is InChI=1S/C6H8O3/c1-3-5(4-9-2)6(7)8/h3-4H,1H2,2H3,(H,7,8). The van der Waals surface area contributed by atoms with E-state index >= 15 is 0 Å². The zero-order valence-electron chi connectivity index (χ0n) is 5.13. The fourth-order valence-corrected chi connectivity index (χ4v) is 0.313. The molecule has 0 aliphatic rings. The average molecular weight is 128 g/mol. The third-order valence-corrected chi connectivity index (χ3v) is 0.712. The van der Waals surface area contributed by atoms with Gasteiger partial charge >= 0.3 is 5.97 Å². The second-order valence-electron chi connectivity index (χ2n) is 1.32. The van der Waals surface area contributed by atoms with Gasteiger partial charge in [-0.1, -0.05) is 12.7 Å². The second kappa shape index (κ2) is 3.72. The molecule has 0 atom stereocenters. The SMILES string of the molecule is C=CC(=COC)C(=O)O. The van der Waals surface area contributed by atoms with Crippen molar-refractivity contribution in [2.75, 3.05) is 7.11 Å². The zero-order valence-corrected chi connectivity index (χ0v) is 5.13. The summed E-state index contributed by atoms with van der Waals surface area (Å²) in [7, 11) is 1.38. The molecule has 50 valence electrons. The van der Waals surface area contributed by atoms with Gasteiger partial charge in [0.2, 0.25) is 0 Å². The number of methoxy groups -OCH3 is 1. The van der Waals surface area contributed by atoms with Gasteiger partial charge in [0.05, 0.1) is 18.9 Å². The third-order valence-electron chi connectivity index (χ3n) is 0.712. The van der Waals surface area contributed by atoms with E-state index in [1.165, 1.54) is 13.2 Å². The minimum atomic E-state index is -1.04. The summed E-state index contributed by atoms with van der Waals surface area (Å²) in [5.74, 6) is -1.04. The van der Waals surface area contributed by atoms with Crippen LogP contribution in [0.3, 0.4) is 0 Å². The summed E-state index contributed by atoms with van der Waals surface area (Å²) in [6.45, 7) is 3.27. The molecule has 0 unspecified atom stereocenters. The summed E-state index contributed by atoms with van der Waals surface area (Å²) in [4.78, 5) is 10.1. The number of rotatable bonds is 3.